The molecule has 0 amide bonds. The fraction of sp³-hybridized carbons (Fsp3) is 0.500. The lowest BCUT2D eigenvalue weighted by molar-refractivity contribution is 0.0440. The zero-order valence-corrected chi connectivity index (χ0v) is 9.85. The van der Waals surface area contributed by atoms with E-state index in [1.54, 1.807) is 18.0 Å². The van der Waals surface area contributed by atoms with Crippen LogP contribution in [-0.2, 0) is 4.74 Å². The Morgan fingerprint density at radius 2 is 2.53 bits per heavy atom. The lowest BCUT2D eigenvalue weighted by atomic mass is 10.3. The standard InChI is InChI=1S/C10H13ClN2OS/c11-8-1-2-10(13-5-8)15-7-9-6-12-3-4-14-9/h1-2,5,9,12H,3-4,6-7H2. The van der Waals surface area contributed by atoms with E-state index in [9.17, 15) is 0 Å². The summed E-state index contributed by atoms with van der Waals surface area (Å²) >= 11 is 7.45. The van der Waals surface area contributed by atoms with Crippen molar-refractivity contribution < 1.29 is 4.74 Å². The second kappa shape index (κ2) is 5.70. The number of nitrogens with zero attached hydrogens (tertiary/aromatic N) is 1. The second-order valence-corrected chi connectivity index (χ2v) is 4.80. The van der Waals surface area contributed by atoms with Crippen molar-refractivity contribution in [3.63, 3.8) is 0 Å². The molecule has 82 valence electrons. The van der Waals surface area contributed by atoms with Crippen molar-refractivity contribution in [3.8, 4) is 0 Å². The Bertz CT molecular complexity index is 301. The first-order valence-corrected chi connectivity index (χ1v) is 6.27. The van der Waals surface area contributed by atoms with Gasteiger partial charge in [0.05, 0.1) is 22.8 Å². The molecule has 0 aromatic carbocycles. The van der Waals surface area contributed by atoms with Gasteiger partial charge < -0.3 is 10.1 Å². The third-order valence-corrected chi connectivity index (χ3v) is 3.42. The number of nitrogens with one attached hydrogen (secondary N) is 1. The summed E-state index contributed by atoms with van der Waals surface area (Å²) in [5.41, 5.74) is 0. The molecule has 1 aliphatic heterocycles. The highest BCUT2D eigenvalue weighted by Gasteiger charge is 2.13. The molecule has 1 saturated heterocycles. The van der Waals surface area contributed by atoms with E-state index in [1.807, 2.05) is 12.1 Å². The first-order valence-electron chi connectivity index (χ1n) is 4.91. The van der Waals surface area contributed by atoms with Crippen LogP contribution in [0.25, 0.3) is 0 Å². The molecule has 0 saturated carbocycles. The molecule has 0 spiro atoms. The van der Waals surface area contributed by atoms with Crippen molar-refractivity contribution in [3.05, 3.63) is 23.4 Å². The molecule has 1 atom stereocenters. The topological polar surface area (TPSA) is 34.1 Å². The van der Waals surface area contributed by atoms with Crippen molar-refractivity contribution in [1.82, 2.24) is 10.3 Å². The molecular formula is C10H13ClN2OS. The van der Waals surface area contributed by atoms with Gasteiger partial charge in [-0.25, -0.2) is 4.98 Å². The third kappa shape index (κ3) is 3.65. The highest BCUT2D eigenvalue weighted by atomic mass is 35.5. The highest BCUT2D eigenvalue weighted by Crippen LogP contribution is 2.19. The fourth-order valence-electron chi connectivity index (χ4n) is 1.35. The van der Waals surface area contributed by atoms with Crippen LogP contribution in [0.2, 0.25) is 5.02 Å². The maximum absolute atomic E-state index is 5.75. The Hall–Kier alpha value is -0.290. The number of aromatic nitrogens is 1. The number of ether oxygens (including phenoxy) is 1. The second-order valence-electron chi connectivity index (χ2n) is 3.32. The molecule has 15 heavy (non-hydrogen) atoms. The largest absolute Gasteiger partial charge is 0.375 e. The quantitative estimate of drug-likeness (QED) is 0.823. The van der Waals surface area contributed by atoms with E-state index in [0.717, 1.165) is 30.5 Å². The van der Waals surface area contributed by atoms with Gasteiger partial charge >= 0.3 is 0 Å². The van der Waals surface area contributed by atoms with Gasteiger partial charge in [0, 0.05) is 25.0 Å². The smallest absolute Gasteiger partial charge is 0.0961 e. The first kappa shape index (κ1) is 11.2. The summed E-state index contributed by atoms with van der Waals surface area (Å²) in [5.74, 6) is 0.932. The summed E-state index contributed by atoms with van der Waals surface area (Å²) < 4.78 is 5.59. The van der Waals surface area contributed by atoms with Gasteiger partial charge in [0.25, 0.3) is 0 Å². The van der Waals surface area contributed by atoms with Crippen LogP contribution >= 0.6 is 23.4 Å². The molecular weight excluding hydrogens is 232 g/mol. The van der Waals surface area contributed by atoms with E-state index in [-0.39, 0.29) is 0 Å². The molecule has 0 bridgehead atoms. The summed E-state index contributed by atoms with van der Waals surface area (Å²) in [6.45, 7) is 2.69. The average Bonchev–Trinajstić information content (AvgIpc) is 2.30. The normalized spacial score (nSPS) is 21.5. The number of halogens is 1. The van der Waals surface area contributed by atoms with Gasteiger partial charge in [-0.05, 0) is 12.1 Å². The molecule has 1 aromatic rings. The van der Waals surface area contributed by atoms with Gasteiger partial charge in [0.15, 0.2) is 0 Å². The van der Waals surface area contributed by atoms with Crippen LogP contribution in [0.15, 0.2) is 23.4 Å². The Balaban J connectivity index is 1.79. The number of rotatable bonds is 3. The summed E-state index contributed by atoms with van der Waals surface area (Å²) in [6.07, 6.45) is 1.96. The van der Waals surface area contributed by atoms with Gasteiger partial charge in [-0.2, -0.15) is 0 Å². The number of pyridine rings is 1. The van der Waals surface area contributed by atoms with Crippen LogP contribution in [0.4, 0.5) is 0 Å². The summed E-state index contributed by atoms with van der Waals surface area (Å²) in [5, 5.41) is 4.97. The molecule has 2 rings (SSSR count). The number of morpholine rings is 1. The van der Waals surface area contributed by atoms with Crippen molar-refractivity contribution in [1.29, 1.82) is 0 Å². The molecule has 2 heterocycles. The van der Waals surface area contributed by atoms with Crippen molar-refractivity contribution in [2.75, 3.05) is 25.4 Å². The van der Waals surface area contributed by atoms with E-state index in [0.29, 0.717) is 11.1 Å². The van der Waals surface area contributed by atoms with Gasteiger partial charge in [-0.1, -0.05) is 11.6 Å². The molecule has 0 aliphatic carbocycles. The van der Waals surface area contributed by atoms with Crippen LogP contribution < -0.4 is 5.32 Å². The van der Waals surface area contributed by atoms with E-state index in [4.69, 9.17) is 16.3 Å². The van der Waals surface area contributed by atoms with Gasteiger partial charge in [0.2, 0.25) is 0 Å². The molecule has 1 unspecified atom stereocenters. The Labute approximate surface area is 98.6 Å². The molecule has 1 aliphatic rings. The molecule has 5 heteroatoms. The summed E-state index contributed by atoms with van der Waals surface area (Å²) in [7, 11) is 0. The average molecular weight is 245 g/mol. The molecule has 1 aromatic heterocycles. The fourth-order valence-corrected chi connectivity index (χ4v) is 2.33. The first-order chi connectivity index (χ1) is 7.34. The SMILES string of the molecule is Clc1ccc(SCC2CNCCO2)nc1. The Morgan fingerprint density at radius 1 is 1.60 bits per heavy atom. The van der Waals surface area contributed by atoms with E-state index in [2.05, 4.69) is 10.3 Å². The summed E-state index contributed by atoms with van der Waals surface area (Å²) in [4.78, 5) is 4.22. The van der Waals surface area contributed by atoms with E-state index in [1.165, 1.54) is 0 Å². The predicted octanol–water partition coefficient (Wildman–Crippen LogP) is 1.82. The number of thioether (sulfide) groups is 1. The maximum Gasteiger partial charge on any atom is 0.0961 e. The maximum atomic E-state index is 5.75. The number of hydrogen-bond acceptors (Lipinski definition) is 4. The van der Waals surface area contributed by atoms with Gasteiger partial charge in [0.1, 0.15) is 0 Å². The van der Waals surface area contributed by atoms with Crippen molar-refractivity contribution >= 4 is 23.4 Å². The van der Waals surface area contributed by atoms with Crippen LogP contribution in [-0.4, -0.2) is 36.5 Å². The van der Waals surface area contributed by atoms with Crippen LogP contribution in [0, 0.1) is 0 Å². The lowest BCUT2D eigenvalue weighted by Gasteiger charge is -2.22. The molecule has 0 radical (unpaired) electrons. The summed E-state index contributed by atoms with van der Waals surface area (Å²) in [6, 6.07) is 3.79. The minimum Gasteiger partial charge on any atom is -0.375 e. The van der Waals surface area contributed by atoms with E-state index >= 15 is 0 Å². The molecule has 1 N–H and O–H groups in total. The van der Waals surface area contributed by atoms with Crippen molar-refractivity contribution in [2.24, 2.45) is 0 Å². The lowest BCUT2D eigenvalue weighted by Crippen LogP contribution is -2.39. The highest BCUT2D eigenvalue weighted by molar-refractivity contribution is 7.99. The minimum absolute atomic E-state index is 0.293. The third-order valence-electron chi connectivity index (χ3n) is 2.12. The minimum atomic E-state index is 0.293. The Kier molecular flexibility index (Phi) is 4.26. The van der Waals surface area contributed by atoms with Gasteiger partial charge in [-0.3, -0.25) is 0 Å². The van der Waals surface area contributed by atoms with Crippen LogP contribution in [0.5, 0.6) is 0 Å². The zero-order chi connectivity index (χ0) is 10.5. The van der Waals surface area contributed by atoms with Crippen LogP contribution in [0.3, 0.4) is 0 Å². The predicted molar refractivity (Wildman–Crippen MR) is 62.6 cm³/mol. The van der Waals surface area contributed by atoms with Gasteiger partial charge in [-0.15, -0.1) is 11.8 Å². The van der Waals surface area contributed by atoms with E-state index < -0.39 is 0 Å². The van der Waals surface area contributed by atoms with Crippen LogP contribution in [0.1, 0.15) is 0 Å². The van der Waals surface area contributed by atoms with Crippen molar-refractivity contribution in [2.45, 2.75) is 11.1 Å². The monoisotopic (exact) mass is 244 g/mol. The molecule has 1 fully saturated rings. The Morgan fingerprint density at radius 3 is 3.20 bits per heavy atom. The zero-order valence-electron chi connectivity index (χ0n) is 8.28. The number of hydrogen-bond donors (Lipinski definition) is 1. The molecule has 3 nitrogen and oxygen atoms in total.